The molecule has 0 atom stereocenters. The molecule has 0 unspecified atom stereocenters. The molecule has 0 saturated carbocycles. The van der Waals surface area contributed by atoms with E-state index in [0.717, 1.165) is 45.0 Å². The first kappa shape index (κ1) is 18.2. The van der Waals surface area contributed by atoms with Gasteiger partial charge in [-0.2, -0.15) is 0 Å². The van der Waals surface area contributed by atoms with Crippen LogP contribution in [0.15, 0.2) is 47.5 Å². The van der Waals surface area contributed by atoms with Crippen molar-refractivity contribution >= 4 is 22.6 Å². The Balaban J connectivity index is 1.51. The van der Waals surface area contributed by atoms with Crippen LogP contribution >= 0.6 is 0 Å². The topological polar surface area (TPSA) is 56.7 Å². The van der Waals surface area contributed by atoms with Gasteiger partial charge in [0.05, 0.1) is 6.54 Å². The Kier molecular flexibility index (Phi) is 6.47. The second-order valence-electron chi connectivity index (χ2n) is 6.64. The van der Waals surface area contributed by atoms with Gasteiger partial charge in [0.25, 0.3) is 0 Å². The summed E-state index contributed by atoms with van der Waals surface area (Å²) in [5.74, 6) is 1.12. The van der Waals surface area contributed by atoms with Crippen LogP contribution in [0.25, 0.3) is 10.8 Å². The highest BCUT2D eigenvalue weighted by Crippen LogP contribution is 2.16. The smallest absolute Gasteiger partial charge is 0.222 e. The number of carbonyl (C=O) groups excluding carboxylic acids is 1. The van der Waals surface area contributed by atoms with Crippen LogP contribution in [-0.4, -0.2) is 42.9 Å². The van der Waals surface area contributed by atoms with Crippen molar-refractivity contribution in [2.45, 2.75) is 32.7 Å². The fourth-order valence-corrected chi connectivity index (χ4v) is 3.27. The molecule has 0 aromatic heterocycles. The van der Waals surface area contributed by atoms with Gasteiger partial charge in [-0.25, -0.2) is 4.99 Å². The van der Waals surface area contributed by atoms with Crippen molar-refractivity contribution in [3.8, 4) is 0 Å². The summed E-state index contributed by atoms with van der Waals surface area (Å²) in [7, 11) is 0. The molecule has 0 bridgehead atoms. The quantitative estimate of drug-likeness (QED) is 0.458. The molecule has 1 fully saturated rings. The molecular formula is C21H28N4O. The van der Waals surface area contributed by atoms with Crippen molar-refractivity contribution in [2.24, 2.45) is 4.99 Å². The number of hydrogen-bond donors (Lipinski definition) is 2. The molecule has 138 valence electrons. The lowest BCUT2D eigenvalue weighted by molar-refractivity contribution is -0.127. The van der Waals surface area contributed by atoms with Crippen LogP contribution in [0.1, 0.15) is 31.7 Å². The van der Waals surface area contributed by atoms with Crippen LogP contribution < -0.4 is 10.6 Å². The molecule has 1 aliphatic rings. The number of benzene rings is 2. The molecule has 1 amide bonds. The SMILES string of the molecule is CCNC(=NCc1ccc2ccccc2c1)NCCCN1CCCC1=O. The zero-order chi connectivity index (χ0) is 18.2. The van der Waals surface area contributed by atoms with Crippen LogP contribution in [0.3, 0.4) is 0 Å². The van der Waals surface area contributed by atoms with E-state index in [1.54, 1.807) is 0 Å². The third kappa shape index (κ3) is 4.97. The number of nitrogens with one attached hydrogen (secondary N) is 2. The molecule has 1 saturated heterocycles. The van der Waals surface area contributed by atoms with Crippen LogP contribution in [-0.2, 0) is 11.3 Å². The predicted molar refractivity (Wildman–Crippen MR) is 107 cm³/mol. The van der Waals surface area contributed by atoms with Gasteiger partial charge in [0, 0.05) is 32.6 Å². The van der Waals surface area contributed by atoms with Crippen molar-refractivity contribution in [1.82, 2.24) is 15.5 Å². The number of carbonyl (C=O) groups is 1. The average molecular weight is 352 g/mol. The molecule has 0 radical (unpaired) electrons. The zero-order valence-corrected chi connectivity index (χ0v) is 15.5. The fraction of sp³-hybridized carbons (Fsp3) is 0.429. The molecule has 26 heavy (non-hydrogen) atoms. The van der Waals surface area contributed by atoms with Crippen molar-refractivity contribution in [1.29, 1.82) is 0 Å². The summed E-state index contributed by atoms with van der Waals surface area (Å²) in [6.07, 6.45) is 2.65. The first-order valence-corrected chi connectivity index (χ1v) is 9.54. The van der Waals surface area contributed by atoms with Crippen molar-refractivity contribution in [2.75, 3.05) is 26.2 Å². The third-order valence-corrected chi connectivity index (χ3v) is 4.65. The van der Waals surface area contributed by atoms with E-state index < -0.39 is 0 Å². The summed E-state index contributed by atoms with van der Waals surface area (Å²) in [4.78, 5) is 18.3. The molecular weight excluding hydrogens is 324 g/mol. The number of aliphatic imine (C=N–C) groups is 1. The Bertz CT molecular complexity index is 771. The first-order valence-electron chi connectivity index (χ1n) is 9.54. The van der Waals surface area contributed by atoms with E-state index in [9.17, 15) is 4.79 Å². The van der Waals surface area contributed by atoms with Gasteiger partial charge >= 0.3 is 0 Å². The normalized spacial score (nSPS) is 14.9. The highest BCUT2D eigenvalue weighted by molar-refractivity contribution is 5.83. The first-order chi connectivity index (χ1) is 12.8. The molecule has 2 aromatic carbocycles. The Morgan fingerprint density at radius 2 is 2.00 bits per heavy atom. The number of fused-ring (bicyclic) bond motifs is 1. The van der Waals surface area contributed by atoms with Gasteiger partial charge in [0.1, 0.15) is 0 Å². The minimum atomic E-state index is 0.293. The number of rotatable bonds is 7. The van der Waals surface area contributed by atoms with Gasteiger partial charge in [0.2, 0.25) is 5.91 Å². The summed E-state index contributed by atoms with van der Waals surface area (Å²) in [6.45, 7) is 6.09. The average Bonchev–Trinajstić information content (AvgIpc) is 3.08. The molecule has 3 rings (SSSR count). The lowest BCUT2D eigenvalue weighted by atomic mass is 10.1. The Morgan fingerprint density at radius 1 is 1.15 bits per heavy atom. The van der Waals surface area contributed by atoms with E-state index in [0.29, 0.717) is 18.9 Å². The summed E-state index contributed by atoms with van der Waals surface area (Å²) < 4.78 is 0. The van der Waals surface area contributed by atoms with E-state index in [1.807, 2.05) is 4.90 Å². The van der Waals surface area contributed by atoms with Gasteiger partial charge in [0.15, 0.2) is 5.96 Å². The van der Waals surface area contributed by atoms with Crippen LogP contribution in [0.2, 0.25) is 0 Å². The van der Waals surface area contributed by atoms with Gasteiger partial charge in [-0.3, -0.25) is 4.79 Å². The monoisotopic (exact) mass is 352 g/mol. The van der Waals surface area contributed by atoms with E-state index in [4.69, 9.17) is 0 Å². The Hall–Kier alpha value is -2.56. The maximum Gasteiger partial charge on any atom is 0.222 e. The second-order valence-corrected chi connectivity index (χ2v) is 6.64. The number of amides is 1. The minimum absolute atomic E-state index is 0.293. The number of likely N-dealkylation sites (tertiary alicyclic amines) is 1. The summed E-state index contributed by atoms with van der Waals surface area (Å²) >= 11 is 0. The molecule has 1 heterocycles. The Morgan fingerprint density at radius 3 is 2.77 bits per heavy atom. The molecule has 5 nitrogen and oxygen atoms in total. The molecule has 1 aliphatic heterocycles. The van der Waals surface area contributed by atoms with Crippen LogP contribution in [0.4, 0.5) is 0 Å². The molecule has 5 heteroatoms. The molecule has 2 aromatic rings. The van der Waals surface area contributed by atoms with E-state index in [1.165, 1.54) is 16.3 Å². The van der Waals surface area contributed by atoms with Gasteiger partial charge < -0.3 is 15.5 Å². The van der Waals surface area contributed by atoms with E-state index in [2.05, 4.69) is 65.0 Å². The third-order valence-electron chi connectivity index (χ3n) is 4.65. The number of hydrogen-bond acceptors (Lipinski definition) is 2. The number of guanidine groups is 1. The second kappa shape index (κ2) is 9.22. The van der Waals surface area contributed by atoms with Gasteiger partial charge in [-0.05, 0) is 42.2 Å². The van der Waals surface area contributed by atoms with E-state index >= 15 is 0 Å². The van der Waals surface area contributed by atoms with Crippen LogP contribution in [0, 0.1) is 0 Å². The standard InChI is InChI=1S/C21H28N4O/c1-2-22-21(23-12-6-14-25-13-5-9-20(25)26)24-16-17-10-11-18-7-3-4-8-19(18)15-17/h3-4,7-8,10-11,15H,2,5-6,9,12-14,16H2,1H3,(H2,22,23,24). The van der Waals surface area contributed by atoms with Gasteiger partial charge in [-0.15, -0.1) is 0 Å². The van der Waals surface area contributed by atoms with Crippen molar-refractivity contribution < 1.29 is 4.79 Å². The summed E-state index contributed by atoms with van der Waals surface area (Å²) in [5.41, 5.74) is 1.20. The largest absolute Gasteiger partial charge is 0.357 e. The number of nitrogens with zero attached hydrogens (tertiary/aromatic N) is 2. The Labute approximate surface area is 155 Å². The molecule has 2 N–H and O–H groups in total. The van der Waals surface area contributed by atoms with Gasteiger partial charge in [-0.1, -0.05) is 36.4 Å². The lowest BCUT2D eigenvalue weighted by Gasteiger charge is -2.16. The zero-order valence-electron chi connectivity index (χ0n) is 15.5. The lowest BCUT2D eigenvalue weighted by Crippen LogP contribution is -2.39. The van der Waals surface area contributed by atoms with E-state index in [-0.39, 0.29) is 0 Å². The maximum atomic E-state index is 11.6. The molecule has 0 aliphatic carbocycles. The highest BCUT2D eigenvalue weighted by Gasteiger charge is 2.18. The van der Waals surface area contributed by atoms with Crippen molar-refractivity contribution in [3.05, 3.63) is 48.0 Å². The summed E-state index contributed by atoms with van der Waals surface area (Å²) in [5, 5.41) is 9.15. The fourth-order valence-electron chi connectivity index (χ4n) is 3.27. The van der Waals surface area contributed by atoms with Crippen molar-refractivity contribution in [3.63, 3.8) is 0 Å². The highest BCUT2D eigenvalue weighted by atomic mass is 16.2. The molecule has 0 spiro atoms. The minimum Gasteiger partial charge on any atom is -0.357 e. The maximum absolute atomic E-state index is 11.6. The van der Waals surface area contributed by atoms with Crippen LogP contribution in [0.5, 0.6) is 0 Å². The summed E-state index contributed by atoms with van der Waals surface area (Å²) in [6, 6.07) is 14.9. The predicted octanol–water partition coefficient (Wildman–Crippen LogP) is 2.91.